The Kier molecular flexibility index (Phi) is 3.80. The Bertz CT molecular complexity index is 709. The van der Waals surface area contributed by atoms with E-state index < -0.39 is 11.6 Å². The molecule has 22 heavy (non-hydrogen) atoms. The van der Waals surface area contributed by atoms with Crippen LogP contribution in [0.2, 0.25) is 0 Å². The Balaban J connectivity index is 1.74. The van der Waals surface area contributed by atoms with Gasteiger partial charge in [-0.3, -0.25) is 4.68 Å². The normalized spacial score (nSPS) is 17.7. The van der Waals surface area contributed by atoms with E-state index >= 15 is 0 Å². The molecule has 0 spiro atoms. The Morgan fingerprint density at radius 3 is 2.68 bits per heavy atom. The lowest BCUT2D eigenvalue weighted by atomic mass is 10.0. The summed E-state index contributed by atoms with van der Waals surface area (Å²) < 4.78 is 29.9. The molecule has 1 aliphatic rings. The zero-order valence-corrected chi connectivity index (χ0v) is 12.3. The Hall–Kier alpha value is -2.42. The second-order valence-corrected chi connectivity index (χ2v) is 5.73. The van der Waals surface area contributed by atoms with Gasteiger partial charge in [-0.05, 0) is 36.5 Å². The molecule has 1 fully saturated rings. The minimum atomic E-state index is -0.668. The van der Waals surface area contributed by atoms with Crippen LogP contribution in [-0.4, -0.2) is 22.9 Å². The molecule has 0 radical (unpaired) electrons. The van der Waals surface area contributed by atoms with Crippen molar-refractivity contribution in [2.45, 2.75) is 12.8 Å². The number of aryl methyl sites for hydroxylation is 1. The Morgan fingerprint density at radius 2 is 2.09 bits per heavy atom. The van der Waals surface area contributed by atoms with Crippen molar-refractivity contribution < 1.29 is 8.78 Å². The van der Waals surface area contributed by atoms with Gasteiger partial charge < -0.3 is 4.90 Å². The molecule has 2 aromatic rings. The Labute approximate surface area is 127 Å². The van der Waals surface area contributed by atoms with Gasteiger partial charge in [0.25, 0.3) is 0 Å². The molecule has 1 saturated heterocycles. The van der Waals surface area contributed by atoms with E-state index in [1.165, 1.54) is 0 Å². The number of benzene rings is 1. The van der Waals surface area contributed by atoms with Gasteiger partial charge in [0.15, 0.2) is 11.6 Å². The average Bonchev–Trinajstić information content (AvgIpc) is 3.08. The van der Waals surface area contributed by atoms with E-state index in [4.69, 9.17) is 5.26 Å². The van der Waals surface area contributed by atoms with Crippen molar-refractivity contribution in [1.82, 2.24) is 9.78 Å². The summed E-state index contributed by atoms with van der Waals surface area (Å²) in [6, 6.07) is 3.94. The van der Waals surface area contributed by atoms with Gasteiger partial charge in [0.05, 0.1) is 17.8 Å². The number of aromatic nitrogens is 2. The molecule has 0 saturated carbocycles. The van der Waals surface area contributed by atoms with Crippen LogP contribution in [0, 0.1) is 28.9 Å². The first-order valence-corrected chi connectivity index (χ1v) is 7.18. The van der Waals surface area contributed by atoms with Gasteiger partial charge in [-0.1, -0.05) is 0 Å². The van der Waals surface area contributed by atoms with E-state index in [0.717, 1.165) is 30.5 Å². The monoisotopic (exact) mass is 302 g/mol. The first-order chi connectivity index (χ1) is 10.6. The molecule has 1 aliphatic heterocycles. The van der Waals surface area contributed by atoms with Crippen LogP contribution >= 0.6 is 0 Å². The second kappa shape index (κ2) is 5.76. The van der Waals surface area contributed by atoms with Crippen molar-refractivity contribution in [3.8, 4) is 6.07 Å². The van der Waals surface area contributed by atoms with Gasteiger partial charge in [0, 0.05) is 26.3 Å². The third kappa shape index (κ3) is 2.80. The molecule has 6 heteroatoms. The summed E-state index contributed by atoms with van der Waals surface area (Å²) in [7, 11) is 1.87. The lowest BCUT2D eigenvalue weighted by molar-refractivity contribution is 0.566. The fourth-order valence-electron chi connectivity index (χ4n) is 3.05. The second-order valence-electron chi connectivity index (χ2n) is 5.73. The Morgan fingerprint density at radius 1 is 1.36 bits per heavy atom. The molecule has 4 nitrogen and oxygen atoms in total. The smallest absolute Gasteiger partial charge is 0.150 e. The molecule has 1 aromatic heterocycles. The van der Waals surface area contributed by atoms with Crippen LogP contribution in [-0.2, 0) is 13.5 Å². The molecule has 1 unspecified atom stereocenters. The van der Waals surface area contributed by atoms with E-state index in [0.29, 0.717) is 19.0 Å². The zero-order chi connectivity index (χ0) is 15.7. The minimum Gasteiger partial charge on any atom is -0.366 e. The molecule has 0 aliphatic carbocycles. The molecule has 0 bridgehead atoms. The van der Waals surface area contributed by atoms with Gasteiger partial charge in [0.1, 0.15) is 5.69 Å². The summed E-state index contributed by atoms with van der Waals surface area (Å²) in [6.07, 6.45) is 5.52. The number of rotatable bonds is 3. The summed E-state index contributed by atoms with van der Waals surface area (Å²) in [5.74, 6) is -0.990. The lowest BCUT2D eigenvalue weighted by Crippen LogP contribution is -2.22. The number of nitrogens with zero attached hydrogens (tertiary/aromatic N) is 4. The van der Waals surface area contributed by atoms with Crippen molar-refractivity contribution in [3.05, 3.63) is 47.3 Å². The fourth-order valence-corrected chi connectivity index (χ4v) is 3.05. The van der Waals surface area contributed by atoms with Crippen molar-refractivity contribution in [2.24, 2.45) is 13.0 Å². The van der Waals surface area contributed by atoms with Crippen LogP contribution in [0.4, 0.5) is 14.5 Å². The molecule has 114 valence electrons. The van der Waals surface area contributed by atoms with Crippen LogP contribution in [0.5, 0.6) is 0 Å². The summed E-state index contributed by atoms with van der Waals surface area (Å²) in [4.78, 5) is 1.73. The zero-order valence-electron chi connectivity index (χ0n) is 12.3. The number of anilines is 1. The molecular weight excluding hydrogens is 286 g/mol. The third-order valence-corrected chi connectivity index (χ3v) is 4.03. The van der Waals surface area contributed by atoms with E-state index in [-0.39, 0.29) is 11.3 Å². The van der Waals surface area contributed by atoms with Crippen molar-refractivity contribution >= 4 is 5.69 Å². The highest BCUT2D eigenvalue weighted by molar-refractivity contribution is 5.53. The number of hydrogen-bond donors (Lipinski definition) is 0. The van der Waals surface area contributed by atoms with Crippen molar-refractivity contribution in [3.63, 3.8) is 0 Å². The number of hydrogen-bond acceptors (Lipinski definition) is 3. The number of halogens is 2. The maximum atomic E-state index is 14.1. The first kappa shape index (κ1) is 14.5. The van der Waals surface area contributed by atoms with Crippen LogP contribution in [0.15, 0.2) is 24.5 Å². The van der Waals surface area contributed by atoms with Gasteiger partial charge in [-0.25, -0.2) is 8.78 Å². The van der Waals surface area contributed by atoms with Crippen LogP contribution in [0.3, 0.4) is 0 Å². The minimum absolute atomic E-state index is 0.00450. The largest absolute Gasteiger partial charge is 0.366 e. The molecule has 3 rings (SSSR count). The highest BCUT2D eigenvalue weighted by atomic mass is 19.1. The quantitative estimate of drug-likeness (QED) is 0.875. The summed E-state index contributed by atoms with van der Waals surface area (Å²) >= 11 is 0. The summed E-state index contributed by atoms with van der Waals surface area (Å²) in [6.45, 7) is 1.22. The third-order valence-electron chi connectivity index (χ3n) is 4.03. The predicted octanol–water partition coefficient (Wildman–Crippen LogP) is 2.64. The lowest BCUT2D eigenvalue weighted by Gasteiger charge is -2.20. The standard InChI is InChI=1S/C16H16F2N4/c1-21-9-13(8-20-21)4-11-2-3-22(10-11)16-14(17)5-12(7-19)6-15(16)18/h5-6,8-9,11H,2-4,10H2,1H3. The maximum absolute atomic E-state index is 14.1. The van der Waals surface area contributed by atoms with E-state index in [9.17, 15) is 8.78 Å². The van der Waals surface area contributed by atoms with Gasteiger partial charge in [-0.15, -0.1) is 0 Å². The van der Waals surface area contributed by atoms with Crippen molar-refractivity contribution in [1.29, 1.82) is 5.26 Å². The van der Waals surface area contributed by atoms with Crippen LogP contribution in [0.1, 0.15) is 17.5 Å². The van der Waals surface area contributed by atoms with Gasteiger partial charge in [-0.2, -0.15) is 10.4 Å². The molecular formula is C16H16F2N4. The van der Waals surface area contributed by atoms with Crippen LogP contribution in [0.25, 0.3) is 0 Å². The molecule has 0 N–H and O–H groups in total. The van der Waals surface area contributed by atoms with Gasteiger partial charge in [0.2, 0.25) is 0 Å². The highest BCUT2D eigenvalue weighted by Crippen LogP contribution is 2.31. The highest BCUT2D eigenvalue weighted by Gasteiger charge is 2.27. The summed E-state index contributed by atoms with van der Waals surface area (Å²) in [5, 5.41) is 12.9. The van der Waals surface area contributed by atoms with Crippen molar-refractivity contribution in [2.75, 3.05) is 18.0 Å². The molecule has 1 aromatic carbocycles. The molecule has 0 amide bonds. The van der Waals surface area contributed by atoms with E-state index in [2.05, 4.69) is 5.10 Å². The topological polar surface area (TPSA) is 44.9 Å². The molecule has 2 heterocycles. The van der Waals surface area contributed by atoms with E-state index in [1.807, 2.05) is 19.4 Å². The molecule has 1 atom stereocenters. The predicted molar refractivity (Wildman–Crippen MR) is 78.3 cm³/mol. The fraction of sp³-hybridized carbons (Fsp3) is 0.375. The maximum Gasteiger partial charge on any atom is 0.150 e. The summed E-state index contributed by atoms with van der Waals surface area (Å²) in [5.41, 5.74) is 1.12. The number of nitriles is 1. The first-order valence-electron chi connectivity index (χ1n) is 7.18. The average molecular weight is 302 g/mol. The van der Waals surface area contributed by atoms with Crippen LogP contribution < -0.4 is 4.90 Å². The van der Waals surface area contributed by atoms with E-state index in [1.54, 1.807) is 15.7 Å². The SMILES string of the molecule is Cn1cc(CC2CCN(c3c(F)cc(C#N)cc3F)C2)cn1. The van der Waals surface area contributed by atoms with Gasteiger partial charge >= 0.3 is 0 Å².